The van der Waals surface area contributed by atoms with Crippen molar-refractivity contribution in [1.82, 2.24) is 0 Å². The Morgan fingerprint density at radius 3 is 1.00 bits per heavy atom. The SMILES string of the molecule is C(#Cc1ccccc1)c1ccccc1.[C-]#[N+]C(C)(C)C.[C-]#[N+]C(C)(C)C.[Ni+2]. The van der Waals surface area contributed by atoms with E-state index in [-0.39, 0.29) is 27.6 Å². The molecule has 142 valence electrons. The maximum absolute atomic E-state index is 6.48. The number of rotatable bonds is 0. The second kappa shape index (κ2) is 13.6. The topological polar surface area (TPSA) is 8.72 Å². The number of nitrogens with zero attached hydrogens (tertiary/aromatic N) is 2. The molecule has 2 nitrogen and oxygen atoms in total. The fourth-order valence-electron chi connectivity index (χ4n) is 1.19. The van der Waals surface area contributed by atoms with Gasteiger partial charge in [-0.05, 0) is 24.3 Å². The molecule has 0 radical (unpaired) electrons. The molecule has 0 saturated carbocycles. The van der Waals surface area contributed by atoms with Crippen LogP contribution in [0.3, 0.4) is 0 Å². The Bertz CT molecular complexity index is 705. The van der Waals surface area contributed by atoms with Crippen molar-refractivity contribution >= 4 is 0 Å². The van der Waals surface area contributed by atoms with Gasteiger partial charge in [0.25, 0.3) is 0 Å². The molecular weight excluding hydrogens is 375 g/mol. The third kappa shape index (κ3) is 18.1. The average Bonchev–Trinajstić information content (AvgIpc) is 2.62. The fraction of sp³-hybridized carbons (Fsp3) is 0.333. The van der Waals surface area contributed by atoms with Crippen LogP contribution < -0.4 is 0 Å². The Morgan fingerprint density at radius 1 is 0.593 bits per heavy atom. The summed E-state index contributed by atoms with van der Waals surface area (Å²) in [5, 5.41) is 0. The standard InChI is InChI=1S/C14H10.2C5H9N.Ni/c1-3-7-13(8-4-1)11-12-14-9-5-2-6-10-14;2*1-5(2,3)6-4;/h1-10H;2*1-3H3;/q;;;+2. The first-order valence-corrected chi connectivity index (χ1v) is 8.47. The van der Waals surface area contributed by atoms with E-state index in [9.17, 15) is 0 Å². The van der Waals surface area contributed by atoms with E-state index >= 15 is 0 Å². The van der Waals surface area contributed by atoms with Gasteiger partial charge in [-0.15, -0.1) is 0 Å². The van der Waals surface area contributed by atoms with Crippen molar-refractivity contribution in [1.29, 1.82) is 0 Å². The molecule has 2 aromatic rings. The molecule has 0 aliphatic carbocycles. The minimum absolute atomic E-state index is 0. The number of hydrogen-bond donors (Lipinski definition) is 0. The zero-order chi connectivity index (χ0) is 20.1. The first kappa shape index (κ1) is 26.7. The molecule has 2 rings (SSSR count). The summed E-state index contributed by atoms with van der Waals surface area (Å²) in [6.07, 6.45) is 0. The number of benzene rings is 2. The van der Waals surface area contributed by atoms with Crippen molar-refractivity contribution in [2.75, 3.05) is 0 Å². The Hall–Kier alpha value is -2.53. The van der Waals surface area contributed by atoms with Gasteiger partial charge in [-0.2, -0.15) is 0 Å². The molecule has 0 fully saturated rings. The molecule has 0 unspecified atom stereocenters. The predicted octanol–water partition coefficient (Wildman–Crippen LogP) is 6.49. The Labute approximate surface area is 175 Å². The molecule has 0 saturated heterocycles. The summed E-state index contributed by atoms with van der Waals surface area (Å²) in [5.74, 6) is 6.22. The molecule has 0 N–H and O–H groups in total. The normalized spacial score (nSPS) is 9.19. The molecule has 0 amide bonds. The van der Waals surface area contributed by atoms with E-state index in [1.54, 1.807) is 0 Å². The Morgan fingerprint density at radius 2 is 0.815 bits per heavy atom. The maximum Gasteiger partial charge on any atom is 2.00 e. The van der Waals surface area contributed by atoms with Gasteiger partial charge >= 0.3 is 16.5 Å². The first-order valence-electron chi connectivity index (χ1n) is 8.47. The summed E-state index contributed by atoms with van der Waals surface area (Å²) in [4.78, 5) is 6.54. The molecule has 0 heterocycles. The second-order valence-corrected chi connectivity index (χ2v) is 7.55. The monoisotopic (exact) mass is 402 g/mol. The van der Waals surface area contributed by atoms with E-state index < -0.39 is 0 Å². The van der Waals surface area contributed by atoms with E-state index in [1.807, 2.05) is 102 Å². The van der Waals surface area contributed by atoms with Crippen LogP contribution in [0.4, 0.5) is 0 Å². The van der Waals surface area contributed by atoms with Crippen LogP contribution in [-0.2, 0) is 16.5 Å². The minimum atomic E-state index is -0.167. The van der Waals surface area contributed by atoms with Crippen molar-refractivity contribution in [2.24, 2.45) is 0 Å². The van der Waals surface area contributed by atoms with Crippen molar-refractivity contribution in [3.8, 4) is 11.8 Å². The summed E-state index contributed by atoms with van der Waals surface area (Å²) < 4.78 is 0. The summed E-state index contributed by atoms with van der Waals surface area (Å²) in [6, 6.07) is 20.0. The first-order chi connectivity index (χ1) is 12.1. The molecule has 3 heteroatoms. The van der Waals surface area contributed by atoms with Gasteiger partial charge in [0, 0.05) is 52.7 Å². The van der Waals surface area contributed by atoms with Crippen molar-refractivity contribution in [3.05, 3.63) is 94.6 Å². The molecule has 0 atom stereocenters. The summed E-state index contributed by atoms with van der Waals surface area (Å²) in [5.41, 5.74) is 1.77. The summed E-state index contributed by atoms with van der Waals surface area (Å²) in [6.45, 7) is 24.3. The van der Waals surface area contributed by atoms with Gasteiger partial charge < -0.3 is 9.69 Å². The van der Waals surface area contributed by atoms with E-state index in [0.29, 0.717) is 0 Å². The smallest absolute Gasteiger partial charge is 0.311 e. The molecule has 0 aliphatic heterocycles. The Kier molecular flexibility index (Phi) is 13.5. The molecule has 0 spiro atoms. The quantitative estimate of drug-likeness (QED) is 0.270. The zero-order valence-electron chi connectivity index (χ0n) is 17.0. The van der Waals surface area contributed by atoms with E-state index in [0.717, 1.165) is 11.1 Å². The summed E-state index contributed by atoms with van der Waals surface area (Å²) in [7, 11) is 0. The summed E-state index contributed by atoms with van der Waals surface area (Å²) >= 11 is 0. The largest absolute Gasteiger partial charge is 2.00 e. The van der Waals surface area contributed by atoms with Crippen LogP contribution in [0.5, 0.6) is 0 Å². The third-order valence-corrected chi connectivity index (χ3v) is 2.57. The molecule has 27 heavy (non-hydrogen) atoms. The molecule has 0 aliphatic rings. The number of hydrogen-bond acceptors (Lipinski definition) is 0. The van der Waals surface area contributed by atoms with Crippen LogP contribution in [0, 0.1) is 25.0 Å². The molecule has 2 aromatic carbocycles. The van der Waals surface area contributed by atoms with Crippen molar-refractivity contribution in [2.45, 2.75) is 52.6 Å². The fourth-order valence-corrected chi connectivity index (χ4v) is 1.19. The van der Waals surface area contributed by atoms with Crippen molar-refractivity contribution in [3.63, 3.8) is 0 Å². The molecule has 0 aromatic heterocycles. The van der Waals surface area contributed by atoms with E-state index in [2.05, 4.69) is 21.5 Å². The van der Waals surface area contributed by atoms with Crippen LogP contribution in [0.15, 0.2) is 60.7 Å². The van der Waals surface area contributed by atoms with Gasteiger partial charge in [0.1, 0.15) is 0 Å². The van der Waals surface area contributed by atoms with Gasteiger partial charge in [-0.3, -0.25) is 0 Å². The minimum Gasteiger partial charge on any atom is -0.311 e. The van der Waals surface area contributed by atoms with Gasteiger partial charge in [0.15, 0.2) is 0 Å². The van der Waals surface area contributed by atoms with Gasteiger partial charge in [0.05, 0.1) is 0 Å². The third-order valence-electron chi connectivity index (χ3n) is 2.57. The van der Waals surface area contributed by atoms with E-state index in [1.165, 1.54) is 0 Å². The van der Waals surface area contributed by atoms with Crippen LogP contribution in [0.2, 0.25) is 0 Å². The van der Waals surface area contributed by atoms with Crippen LogP contribution in [0.25, 0.3) is 9.69 Å². The van der Waals surface area contributed by atoms with Crippen LogP contribution in [-0.4, -0.2) is 11.1 Å². The zero-order valence-corrected chi connectivity index (χ0v) is 18.0. The van der Waals surface area contributed by atoms with Crippen LogP contribution in [0.1, 0.15) is 52.7 Å². The van der Waals surface area contributed by atoms with Crippen molar-refractivity contribution < 1.29 is 16.5 Å². The average molecular weight is 403 g/mol. The van der Waals surface area contributed by atoms with E-state index in [4.69, 9.17) is 13.1 Å². The Balaban J connectivity index is 0. The van der Waals surface area contributed by atoms with Crippen LogP contribution >= 0.6 is 0 Å². The van der Waals surface area contributed by atoms with Gasteiger partial charge in [0.2, 0.25) is 11.1 Å². The van der Waals surface area contributed by atoms with Gasteiger partial charge in [-0.25, -0.2) is 13.1 Å². The molecular formula is C24H28N2Ni+2. The maximum atomic E-state index is 6.48. The molecule has 0 bridgehead atoms. The van der Waals surface area contributed by atoms with Gasteiger partial charge in [-0.1, -0.05) is 48.2 Å². The second-order valence-electron chi connectivity index (χ2n) is 7.55. The predicted molar refractivity (Wildman–Crippen MR) is 112 cm³/mol.